The van der Waals surface area contributed by atoms with E-state index in [2.05, 4.69) is 10.5 Å². The Morgan fingerprint density at radius 1 is 1.32 bits per heavy atom. The number of carbonyl (C=O) groups excluding carboxylic acids is 2. The number of esters is 1. The minimum atomic E-state index is -0.516. The Bertz CT molecular complexity index is 543. The van der Waals surface area contributed by atoms with Crippen molar-refractivity contribution in [1.82, 2.24) is 5.43 Å². The summed E-state index contributed by atoms with van der Waals surface area (Å²) in [6, 6.07) is 6.65. The summed E-state index contributed by atoms with van der Waals surface area (Å²) in [5.74, 6) is -0.793. The molecule has 1 rings (SSSR count). The van der Waals surface area contributed by atoms with Crippen LogP contribution >= 0.6 is 11.6 Å². The van der Waals surface area contributed by atoms with Crippen molar-refractivity contribution in [2.24, 2.45) is 11.0 Å². The molecule has 0 unspecified atom stereocenters. The normalized spacial score (nSPS) is 12.5. The number of hydrogen-bond donors (Lipinski definition) is 1. The number of nitrogens with one attached hydrogen (secondary N) is 1. The Kier molecular flexibility index (Phi) is 7.39. The van der Waals surface area contributed by atoms with Crippen molar-refractivity contribution in [2.45, 2.75) is 20.8 Å². The van der Waals surface area contributed by atoms with Gasteiger partial charge in [-0.3, -0.25) is 9.59 Å². The van der Waals surface area contributed by atoms with Gasteiger partial charge in [0.05, 0.1) is 12.5 Å². The van der Waals surface area contributed by atoms with Crippen LogP contribution in [0, 0.1) is 5.92 Å². The first-order valence-electron chi connectivity index (χ1n) is 6.82. The van der Waals surface area contributed by atoms with Gasteiger partial charge in [0.15, 0.2) is 6.61 Å². The van der Waals surface area contributed by atoms with Crippen LogP contribution in [0.5, 0.6) is 5.75 Å². The number of halogens is 1. The van der Waals surface area contributed by atoms with Crippen molar-refractivity contribution >= 4 is 29.2 Å². The molecule has 0 fully saturated rings. The maximum Gasteiger partial charge on any atom is 0.314 e. The first-order valence-corrected chi connectivity index (χ1v) is 7.19. The van der Waals surface area contributed by atoms with Crippen LogP contribution in [-0.4, -0.2) is 30.8 Å². The van der Waals surface area contributed by atoms with Crippen LogP contribution in [0.25, 0.3) is 0 Å². The summed E-state index contributed by atoms with van der Waals surface area (Å²) in [6.45, 7) is 5.14. The monoisotopic (exact) mass is 326 g/mol. The molecule has 0 aliphatic carbocycles. The number of carbonyl (C=O) groups is 2. The molecule has 0 aliphatic heterocycles. The molecule has 22 heavy (non-hydrogen) atoms. The molecule has 0 spiro atoms. The molecular weight excluding hydrogens is 308 g/mol. The summed E-state index contributed by atoms with van der Waals surface area (Å²) < 4.78 is 10.1. The van der Waals surface area contributed by atoms with Crippen LogP contribution in [0.1, 0.15) is 20.8 Å². The Morgan fingerprint density at radius 3 is 2.55 bits per heavy atom. The minimum Gasteiger partial charge on any atom is -0.484 e. The van der Waals surface area contributed by atoms with Crippen LogP contribution in [-0.2, 0) is 14.3 Å². The van der Waals surface area contributed by atoms with E-state index in [0.29, 0.717) is 23.1 Å². The van der Waals surface area contributed by atoms with Gasteiger partial charge in [0.25, 0.3) is 5.91 Å². The van der Waals surface area contributed by atoms with Crippen LogP contribution in [0.2, 0.25) is 5.02 Å². The van der Waals surface area contributed by atoms with Gasteiger partial charge in [-0.25, -0.2) is 5.43 Å². The van der Waals surface area contributed by atoms with Crippen LogP contribution < -0.4 is 10.2 Å². The largest absolute Gasteiger partial charge is 0.484 e. The highest BCUT2D eigenvalue weighted by molar-refractivity contribution is 6.30. The molecule has 0 heterocycles. The Labute approximate surface area is 134 Å². The van der Waals surface area contributed by atoms with Gasteiger partial charge in [-0.1, -0.05) is 11.6 Å². The summed E-state index contributed by atoms with van der Waals surface area (Å²) >= 11 is 5.75. The second-order valence-corrected chi connectivity index (χ2v) is 4.94. The number of benzene rings is 1. The van der Waals surface area contributed by atoms with Crippen molar-refractivity contribution in [2.75, 3.05) is 13.2 Å². The van der Waals surface area contributed by atoms with Crippen molar-refractivity contribution in [3.8, 4) is 5.75 Å². The second-order valence-electron chi connectivity index (χ2n) is 4.50. The third-order valence-electron chi connectivity index (χ3n) is 2.81. The number of ether oxygens (including phenoxy) is 2. The van der Waals surface area contributed by atoms with Gasteiger partial charge in [-0.15, -0.1) is 0 Å². The van der Waals surface area contributed by atoms with E-state index in [-0.39, 0.29) is 12.6 Å². The molecule has 0 saturated carbocycles. The number of amides is 1. The van der Waals surface area contributed by atoms with Gasteiger partial charge in [0, 0.05) is 10.7 Å². The lowest BCUT2D eigenvalue weighted by Gasteiger charge is -2.10. The summed E-state index contributed by atoms with van der Waals surface area (Å²) in [6.07, 6.45) is 0. The van der Waals surface area contributed by atoms with E-state index in [1.165, 1.54) is 0 Å². The lowest BCUT2D eigenvalue weighted by atomic mass is 10.1. The van der Waals surface area contributed by atoms with E-state index in [0.717, 1.165) is 0 Å². The van der Waals surface area contributed by atoms with Crippen molar-refractivity contribution in [3.63, 3.8) is 0 Å². The zero-order valence-corrected chi connectivity index (χ0v) is 13.5. The van der Waals surface area contributed by atoms with Crippen molar-refractivity contribution in [1.29, 1.82) is 0 Å². The van der Waals surface area contributed by atoms with Crippen molar-refractivity contribution in [3.05, 3.63) is 29.3 Å². The van der Waals surface area contributed by atoms with E-state index in [1.54, 1.807) is 45.0 Å². The van der Waals surface area contributed by atoms with Gasteiger partial charge in [0.2, 0.25) is 0 Å². The Balaban J connectivity index is 2.42. The highest BCUT2D eigenvalue weighted by atomic mass is 35.5. The molecule has 6 nitrogen and oxygen atoms in total. The van der Waals surface area contributed by atoms with Crippen molar-refractivity contribution < 1.29 is 19.1 Å². The molecule has 1 atom stereocenters. The maximum absolute atomic E-state index is 11.6. The highest BCUT2D eigenvalue weighted by Crippen LogP contribution is 2.15. The van der Waals surface area contributed by atoms with Gasteiger partial charge < -0.3 is 9.47 Å². The highest BCUT2D eigenvalue weighted by Gasteiger charge is 2.17. The summed E-state index contributed by atoms with van der Waals surface area (Å²) in [5.41, 5.74) is 2.79. The van der Waals surface area contributed by atoms with E-state index < -0.39 is 11.8 Å². The molecule has 1 amide bonds. The summed E-state index contributed by atoms with van der Waals surface area (Å²) in [5, 5.41) is 4.46. The number of hydrazone groups is 1. The fourth-order valence-corrected chi connectivity index (χ4v) is 1.52. The number of nitrogens with zero attached hydrogens (tertiary/aromatic N) is 1. The predicted octanol–water partition coefficient (Wildman–Crippen LogP) is 2.41. The molecular formula is C15H19ClN2O4. The molecule has 0 aliphatic rings. The van der Waals surface area contributed by atoms with Gasteiger partial charge in [-0.2, -0.15) is 5.10 Å². The zero-order chi connectivity index (χ0) is 16.5. The third-order valence-corrected chi connectivity index (χ3v) is 3.06. The minimum absolute atomic E-state index is 0.188. The maximum atomic E-state index is 11.6. The molecule has 0 radical (unpaired) electrons. The van der Waals surface area contributed by atoms with Crippen LogP contribution in [0.15, 0.2) is 29.4 Å². The number of rotatable bonds is 7. The predicted molar refractivity (Wildman–Crippen MR) is 84.0 cm³/mol. The molecule has 1 aromatic carbocycles. The van der Waals surface area contributed by atoms with Gasteiger partial charge in [-0.05, 0) is 45.0 Å². The standard InChI is InChI=1S/C15H19ClN2O4/c1-4-21-15(20)10(2)11(3)17-18-14(19)9-22-13-7-5-12(16)6-8-13/h5-8,10H,4,9H2,1-3H3,(H,18,19)/b17-11+/t10-/m1/s1. The zero-order valence-electron chi connectivity index (χ0n) is 12.8. The fourth-order valence-electron chi connectivity index (χ4n) is 1.40. The summed E-state index contributed by atoms with van der Waals surface area (Å²) in [4.78, 5) is 23.1. The molecule has 120 valence electrons. The average molecular weight is 327 g/mol. The molecule has 7 heteroatoms. The molecule has 0 bridgehead atoms. The van der Waals surface area contributed by atoms with E-state index in [4.69, 9.17) is 21.1 Å². The Morgan fingerprint density at radius 2 is 1.95 bits per heavy atom. The average Bonchev–Trinajstić information content (AvgIpc) is 2.51. The SMILES string of the molecule is CCOC(=O)[C@H](C)/C(C)=N/NC(=O)COc1ccc(Cl)cc1. The lowest BCUT2D eigenvalue weighted by Crippen LogP contribution is -2.28. The van der Waals surface area contributed by atoms with E-state index >= 15 is 0 Å². The molecule has 1 aromatic rings. The number of hydrogen-bond acceptors (Lipinski definition) is 5. The quantitative estimate of drug-likeness (QED) is 0.474. The first-order chi connectivity index (χ1) is 10.4. The smallest absolute Gasteiger partial charge is 0.314 e. The topological polar surface area (TPSA) is 77.0 Å². The lowest BCUT2D eigenvalue weighted by molar-refractivity contribution is -0.145. The molecule has 0 aromatic heterocycles. The Hall–Kier alpha value is -2.08. The summed E-state index contributed by atoms with van der Waals surface area (Å²) in [7, 11) is 0. The first kappa shape index (κ1) is 18.0. The van der Waals surface area contributed by atoms with E-state index in [9.17, 15) is 9.59 Å². The molecule has 1 N–H and O–H groups in total. The second kappa shape index (κ2) is 9.04. The van der Waals surface area contributed by atoms with Crippen LogP contribution in [0.3, 0.4) is 0 Å². The fraction of sp³-hybridized carbons (Fsp3) is 0.400. The molecule has 0 saturated heterocycles. The van der Waals surface area contributed by atoms with Crippen LogP contribution in [0.4, 0.5) is 0 Å². The van der Waals surface area contributed by atoms with E-state index in [1.807, 2.05) is 0 Å². The van der Waals surface area contributed by atoms with Gasteiger partial charge in [0.1, 0.15) is 5.75 Å². The third kappa shape index (κ3) is 6.13. The van der Waals surface area contributed by atoms with Gasteiger partial charge >= 0.3 is 5.97 Å².